The fourth-order valence-corrected chi connectivity index (χ4v) is 3.95. The van der Waals surface area contributed by atoms with Gasteiger partial charge in [-0.3, -0.25) is 0 Å². The summed E-state index contributed by atoms with van der Waals surface area (Å²) >= 11 is 0. The van der Waals surface area contributed by atoms with E-state index in [-0.39, 0.29) is 0 Å². The zero-order chi connectivity index (χ0) is 8.78. The molecule has 3 aliphatic rings. The van der Waals surface area contributed by atoms with E-state index >= 15 is 0 Å². The summed E-state index contributed by atoms with van der Waals surface area (Å²) in [5.74, 6) is 0. The Kier molecular flexibility index (Phi) is 1.61. The first-order valence-electron chi connectivity index (χ1n) is 5.73. The molecule has 0 aromatic rings. The highest BCUT2D eigenvalue weighted by atomic mass is 15.0. The molecule has 0 radical (unpaired) electrons. The van der Waals surface area contributed by atoms with Gasteiger partial charge >= 0.3 is 0 Å². The zero-order valence-electron chi connectivity index (χ0n) is 8.31. The topological polar surface area (TPSA) is 12.0 Å². The van der Waals surface area contributed by atoms with E-state index in [4.69, 9.17) is 0 Å². The van der Waals surface area contributed by atoms with E-state index in [1.165, 1.54) is 51.6 Å². The van der Waals surface area contributed by atoms with Gasteiger partial charge in [0.05, 0.1) is 0 Å². The van der Waals surface area contributed by atoms with Gasteiger partial charge in [0.1, 0.15) is 0 Å². The van der Waals surface area contributed by atoms with E-state index in [2.05, 4.69) is 17.5 Å². The summed E-state index contributed by atoms with van der Waals surface area (Å²) in [6.45, 7) is 2.58. The number of hydrogen-bond donors (Lipinski definition) is 1. The monoisotopic (exact) mass is 177 g/mol. The van der Waals surface area contributed by atoms with Crippen LogP contribution in [0.25, 0.3) is 0 Å². The van der Waals surface area contributed by atoms with Crippen LogP contribution in [0.15, 0.2) is 12.2 Å². The number of hydrogen-bond acceptors (Lipinski definition) is 1. The van der Waals surface area contributed by atoms with Crippen molar-refractivity contribution in [2.45, 2.75) is 38.5 Å². The minimum atomic E-state index is 0.667. The highest BCUT2D eigenvalue weighted by Gasteiger charge is 2.55. The molecule has 0 bridgehead atoms. The Bertz CT molecular complexity index is 222. The average Bonchev–Trinajstić information content (AvgIpc) is 2.56. The molecule has 13 heavy (non-hydrogen) atoms. The fourth-order valence-electron chi connectivity index (χ4n) is 3.95. The van der Waals surface area contributed by atoms with E-state index in [9.17, 15) is 0 Å². The van der Waals surface area contributed by atoms with E-state index in [0.717, 1.165) is 0 Å². The van der Waals surface area contributed by atoms with Crippen molar-refractivity contribution in [3.63, 3.8) is 0 Å². The van der Waals surface area contributed by atoms with E-state index < -0.39 is 0 Å². The van der Waals surface area contributed by atoms with Gasteiger partial charge in [0.25, 0.3) is 0 Å². The molecule has 0 aromatic carbocycles. The Morgan fingerprint density at radius 1 is 0.846 bits per heavy atom. The maximum atomic E-state index is 3.65. The van der Waals surface area contributed by atoms with Crippen LogP contribution < -0.4 is 5.32 Å². The third-order valence-electron chi connectivity index (χ3n) is 4.80. The van der Waals surface area contributed by atoms with Crippen molar-refractivity contribution in [3.8, 4) is 0 Å². The van der Waals surface area contributed by atoms with Gasteiger partial charge in [0.15, 0.2) is 0 Å². The predicted octanol–water partition coefficient (Wildman–Crippen LogP) is 2.49. The van der Waals surface area contributed by atoms with Gasteiger partial charge in [-0.1, -0.05) is 25.0 Å². The van der Waals surface area contributed by atoms with Crippen LogP contribution in [0.1, 0.15) is 38.5 Å². The van der Waals surface area contributed by atoms with Crippen LogP contribution in [0.2, 0.25) is 0 Å². The average molecular weight is 177 g/mol. The summed E-state index contributed by atoms with van der Waals surface area (Å²) < 4.78 is 0. The van der Waals surface area contributed by atoms with Gasteiger partial charge in [0.2, 0.25) is 0 Å². The van der Waals surface area contributed by atoms with Crippen molar-refractivity contribution in [2.24, 2.45) is 10.8 Å². The quantitative estimate of drug-likeness (QED) is 0.560. The molecule has 1 saturated carbocycles. The molecule has 1 heterocycles. The lowest BCUT2D eigenvalue weighted by Gasteiger charge is -2.50. The molecule has 0 unspecified atom stereocenters. The van der Waals surface area contributed by atoms with Gasteiger partial charge in [-0.05, 0) is 36.5 Å². The molecule has 1 saturated heterocycles. The van der Waals surface area contributed by atoms with Crippen LogP contribution in [0.3, 0.4) is 0 Å². The van der Waals surface area contributed by atoms with Gasteiger partial charge in [-0.2, -0.15) is 0 Å². The van der Waals surface area contributed by atoms with Gasteiger partial charge in [-0.25, -0.2) is 0 Å². The van der Waals surface area contributed by atoms with Crippen LogP contribution >= 0.6 is 0 Å². The highest BCUT2D eigenvalue weighted by molar-refractivity contribution is 5.15. The first-order valence-corrected chi connectivity index (χ1v) is 5.73. The van der Waals surface area contributed by atoms with Crippen LogP contribution in [0.5, 0.6) is 0 Å². The normalized spacial score (nSPS) is 48.6. The Labute approximate surface area is 80.6 Å². The molecule has 1 heteroatoms. The second-order valence-corrected chi connectivity index (χ2v) is 5.25. The van der Waals surface area contributed by atoms with Crippen LogP contribution in [-0.2, 0) is 0 Å². The minimum Gasteiger partial charge on any atom is -0.316 e. The lowest BCUT2D eigenvalue weighted by molar-refractivity contribution is 0.0342. The second kappa shape index (κ2) is 2.60. The summed E-state index contributed by atoms with van der Waals surface area (Å²) in [7, 11) is 0. The Morgan fingerprint density at radius 2 is 1.38 bits per heavy atom. The number of rotatable bonds is 0. The standard InChI is InChI=1S/C12H19N/c1-2-6-12-8-4-3-7-11(12,5-1)9-13-10-12/h1-2,13H,3-10H2/t11-,12-/m1/s1. The first kappa shape index (κ1) is 8.05. The van der Waals surface area contributed by atoms with Crippen molar-refractivity contribution in [2.75, 3.05) is 13.1 Å². The summed E-state index contributed by atoms with van der Waals surface area (Å²) in [6, 6.07) is 0. The van der Waals surface area contributed by atoms with Crippen molar-refractivity contribution in [3.05, 3.63) is 12.2 Å². The molecule has 0 spiro atoms. The van der Waals surface area contributed by atoms with Crippen molar-refractivity contribution >= 4 is 0 Å². The first-order chi connectivity index (χ1) is 6.37. The molecule has 1 N–H and O–H groups in total. The number of nitrogens with one attached hydrogen (secondary N) is 1. The maximum Gasteiger partial charge on any atom is 0.00169 e. The lowest BCUT2D eigenvalue weighted by Crippen LogP contribution is -2.44. The summed E-state index contributed by atoms with van der Waals surface area (Å²) in [4.78, 5) is 0. The van der Waals surface area contributed by atoms with Gasteiger partial charge < -0.3 is 5.32 Å². The van der Waals surface area contributed by atoms with Crippen molar-refractivity contribution in [1.82, 2.24) is 5.32 Å². The van der Waals surface area contributed by atoms with Crippen LogP contribution in [0, 0.1) is 10.8 Å². The second-order valence-electron chi connectivity index (χ2n) is 5.25. The van der Waals surface area contributed by atoms with Gasteiger partial charge in [-0.15, -0.1) is 0 Å². The zero-order valence-corrected chi connectivity index (χ0v) is 8.31. The molecule has 72 valence electrons. The summed E-state index contributed by atoms with van der Waals surface area (Å²) in [5, 5.41) is 3.65. The molecule has 0 amide bonds. The highest BCUT2D eigenvalue weighted by Crippen LogP contribution is 2.58. The molecule has 1 aliphatic heterocycles. The SMILES string of the molecule is C1=CC[C@]23CCCC[C@]2(C1)CNC3. The third kappa shape index (κ3) is 0.914. The van der Waals surface area contributed by atoms with Crippen LogP contribution in [-0.4, -0.2) is 13.1 Å². The molecule has 2 fully saturated rings. The van der Waals surface area contributed by atoms with Crippen LogP contribution in [0.4, 0.5) is 0 Å². The molecular formula is C12H19N. The van der Waals surface area contributed by atoms with E-state index in [1.54, 1.807) is 0 Å². The largest absolute Gasteiger partial charge is 0.316 e. The third-order valence-corrected chi connectivity index (χ3v) is 4.80. The molecule has 2 atom stereocenters. The maximum absolute atomic E-state index is 3.65. The predicted molar refractivity (Wildman–Crippen MR) is 54.6 cm³/mol. The smallest absolute Gasteiger partial charge is 0.00169 e. The molecule has 3 rings (SSSR count). The Balaban J connectivity index is 2.02. The summed E-state index contributed by atoms with van der Waals surface area (Å²) in [5.41, 5.74) is 1.33. The minimum absolute atomic E-state index is 0.667. The lowest BCUT2D eigenvalue weighted by atomic mass is 9.53. The van der Waals surface area contributed by atoms with E-state index in [0.29, 0.717) is 10.8 Å². The molecule has 0 aromatic heterocycles. The molecule has 1 nitrogen and oxygen atoms in total. The van der Waals surface area contributed by atoms with Crippen molar-refractivity contribution < 1.29 is 0 Å². The Morgan fingerprint density at radius 3 is 1.92 bits per heavy atom. The van der Waals surface area contributed by atoms with Gasteiger partial charge in [0, 0.05) is 13.1 Å². The fraction of sp³-hybridized carbons (Fsp3) is 0.833. The van der Waals surface area contributed by atoms with Crippen molar-refractivity contribution in [1.29, 1.82) is 0 Å². The van der Waals surface area contributed by atoms with E-state index in [1.807, 2.05) is 0 Å². The Hall–Kier alpha value is -0.300. The summed E-state index contributed by atoms with van der Waals surface area (Å²) in [6.07, 6.45) is 13.4. The number of allylic oxidation sites excluding steroid dienone is 2. The molecular weight excluding hydrogens is 158 g/mol. The molecule has 2 aliphatic carbocycles.